The van der Waals surface area contributed by atoms with Crippen LogP contribution in [-0.4, -0.2) is 30.1 Å². The molecule has 0 fully saturated rings. The van der Waals surface area contributed by atoms with Gasteiger partial charge in [0, 0.05) is 23.5 Å². The van der Waals surface area contributed by atoms with Crippen molar-refractivity contribution in [1.29, 1.82) is 0 Å². The zero-order valence-electron chi connectivity index (χ0n) is 7.31. The summed E-state index contributed by atoms with van der Waals surface area (Å²) in [6.07, 6.45) is 1.10. The van der Waals surface area contributed by atoms with Crippen LogP contribution in [0.25, 0.3) is 0 Å². The topological polar surface area (TPSA) is 9.23 Å². The van der Waals surface area contributed by atoms with Crippen LogP contribution in [0.1, 0.15) is 20.3 Å². The summed E-state index contributed by atoms with van der Waals surface area (Å²) < 4.78 is 5.21. The van der Waals surface area contributed by atoms with E-state index < -0.39 is 0 Å². The third kappa shape index (κ3) is 8.51. The van der Waals surface area contributed by atoms with Crippen LogP contribution < -0.4 is 0 Å². The maximum Gasteiger partial charge on any atom is 0.0556 e. The summed E-state index contributed by atoms with van der Waals surface area (Å²) >= 11 is 7.52. The second-order valence-electron chi connectivity index (χ2n) is 2.36. The molecule has 0 saturated carbocycles. The minimum atomic E-state index is 0.674. The van der Waals surface area contributed by atoms with E-state index in [1.54, 1.807) is 0 Å². The Labute approximate surface area is 78.8 Å². The summed E-state index contributed by atoms with van der Waals surface area (Å²) in [4.78, 5) is 0. The third-order valence-electron chi connectivity index (χ3n) is 1.35. The van der Waals surface area contributed by atoms with Crippen molar-refractivity contribution in [3.8, 4) is 0 Å². The molecule has 11 heavy (non-hydrogen) atoms. The number of hydrogen-bond acceptors (Lipinski definition) is 2. The molecule has 0 heterocycles. The molecule has 1 nitrogen and oxygen atoms in total. The first-order valence-corrected chi connectivity index (χ1v) is 5.64. The Morgan fingerprint density at radius 3 is 2.82 bits per heavy atom. The van der Waals surface area contributed by atoms with E-state index in [9.17, 15) is 0 Å². The SMILES string of the molecule is CCOCCSC(C)CCCl. The summed E-state index contributed by atoms with van der Waals surface area (Å²) in [5.41, 5.74) is 0. The summed E-state index contributed by atoms with van der Waals surface area (Å²) in [5.74, 6) is 1.86. The normalized spacial score (nSPS) is 13.4. The maximum atomic E-state index is 5.59. The Morgan fingerprint density at radius 2 is 2.27 bits per heavy atom. The van der Waals surface area contributed by atoms with Gasteiger partial charge in [0.05, 0.1) is 6.61 Å². The number of alkyl halides is 1. The molecule has 0 saturated heterocycles. The van der Waals surface area contributed by atoms with Gasteiger partial charge in [-0.1, -0.05) is 6.92 Å². The quantitative estimate of drug-likeness (QED) is 0.458. The molecule has 0 aliphatic heterocycles. The van der Waals surface area contributed by atoms with Crippen molar-refractivity contribution in [3.05, 3.63) is 0 Å². The summed E-state index contributed by atoms with van der Waals surface area (Å²) in [7, 11) is 0. The molecule has 3 heteroatoms. The number of hydrogen-bond donors (Lipinski definition) is 0. The lowest BCUT2D eigenvalue weighted by Gasteiger charge is -2.08. The molecule has 0 N–H and O–H groups in total. The molecule has 0 aromatic heterocycles. The zero-order valence-corrected chi connectivity index (χ0v) is 8.88. The molecule has 0 rings (SSSR count). The molecule has 68 valence electrons. The predicted octanol–water partition coefficient (Wildman–Crippen LogP) is 2.77. The van der Waals surface area contributed by atoms with Gasteiger partial charge in [0.1, 0.15) is 0 Å². The van der Waals surface area contributed by atoms with E-state index in [4.69, 9.17) is 16.3 Å². The minimum absolute atomic E-state index is 0.674. The average molecular weight is 197 g/mol. The van der Waals surface area contributed by atoms with Gasteiger partial charge in [-0.2, -0.15) is 11.8 Å². The molecule has 0 aliphatic carbocycles. The monoisotopic (exact) mass is 196 g/mol. The highest BCUT2D eigenvalue weighted by Gasteiger charge is 1.99. The van der Waals surface area contributed by atoms with E-state index in [0.29, 0.717) is 5.25 Å². The van der Waals surface area contributed by atoms with E-state index >= 15 is 0 Å². The van der Waals surface area contributed by atoms with Gasteiger partial charge in [-0.25, -0.2) is 0 Å². The third-order valence-corrected chi connectivity index (χ3v) is 2.78. The van der Waals surface area contributed by atoms with Gasteiger partial charge >= 0.3 is 0 Å². The van der Waals surface area contributed by atoms with Gasteiger partial charge in [0.2, 0.25) is 0 Å². The maximum absolute atomic E-state index is 5.59. The van der Waals surface area contributed by atoms with Gasteiger partial charge in [0.25, 0.3) is 0 Å². The second-order valence-corrected chi connectivity index (χ2v) is 4.28. The zero-order chi connectivity index (χ0) is 8.53. The lowest BCUT2D eigenvalue weighted by atomic mass is 10.4. The standard InChI is InChI=1S/C8H17ClOS/c1-3-10-6-7-11-8(2)4-5-9/h8H,3-7H2,1-2H3. The molecule has 0 aromatic rings. The number of rotatable bonds is 7. The Kier molecular flexibility index (Phi) is 9.17. The van der Waals surface area contributed by atoms with Crippen LogP contribution in [0.3, 0.4) is 0 Å². The molecule has 1 atom stereocenters. The second kappa shape index (κ2) is 8.69. The van der Waals surface area contributed by atoms with Crippen LogP contribution in [0.5, 0.6) is 0 Å². The van der Waals surface area contributed by atoms with Crippen molar-refractivity contribution < 1.29 is 4.74 Å². The molecule has 0 aromatic carbocycles. The number of thioether (sulfide) groups is 1. The molecular weight excluding hydrogens is 180 g/mol. The van der Waals surface area contributed by atoms with Gasteiger partial charge in [-0.3, -0.25) is 0 Å². The van der Waals surface area contributed by atoms with Crippen molar-refractivity contribution in [3.63, 3.8) is 0 Å². The van der Waals surface area contributed by atoms with Crippen molar-refractivity contribution in [2.75, 3.05) is 24.8 Å². The highest BCUT2D eigenvalue weighted by atomic mass is 35.5. The summed E-state index contributed by atoms with van der Waals surface area (Å²) in [5, 5.41) is 0.674. The van der Waals surface area contributed by atoms with E-state index in [1.807, 2.05) is 18.7 Å². The van der Waals surface area contributed by atoms with Crippen molar-refractivity contribution >= 4 is 23.4 Å². The Morgan fingerprint density at radius 1 is 1.55 bits per heavy atom. The number of ether oxygens (including phenoxy) is 1. The van der Waals surface area contributed by atoms with Crippen LogP contribution in [0, 0.1) is 0 Å². The van der Waals surface area contributed by atoms with E-state index in [2.05, 4.69) is 6.92 Å². The fourth-order valence-corrected chi connectivity index (χ4v) is 2.05. The first kappa shape index (κ1) is 11.6. The van der Waals surface area contributed by atoms with Crippen LogP contribution in [0.15, 0.2) is 0 Å². The smallest absolute Gasteiger partial charge is 0.0556 e. The van der Waals surface area contributed by atoms with E-state index in [0.717, 1.165) is 31.3 Å². The molecule has 0 bridgehead atoms. The van der Waals surface area contributed by atoms with Gasteiger partial charge in [-0.05, 0) is 13.3 Å². The van der Waals surface area contributed by atoms with Crippen LogP contribution in [-0.2, 0) is 4.74 Å². The van der Waals surface area contributed by atoms with Crippen molar-refractivity contribution in [1.82, 2.24) is 0 Å². The lowest BCUT2D eigenvalue weighted by molar-refractivity contribution is 0.164. The van der Waals surface area contributed by atoms with Gasteiger partial charge in [-0.15, -0.1) is 11.6 Å². The molecule has 0 spiro atoms. The molecule has 0 radical (unpaired) electrons. The molecule has 0 aliphatic rings. The molecule has 0 amide bonds. The lowest BCUT2D eigenvalue weighted by Crippen LogP contribution is -2.02. The Bertz CT molecular complexity index is 80.5. The van der Waals surface area contributed by atoms with Crippen molar-refractivity contribution in [2.45, 2.75) is 25.5 Å². The summed E-state index contributed by atoms with van der Waals surface area (Å²) in [6, 6.07) is 0. The Hall–Kier alpha value is 0.600. The summed E-state index contributed by atoms with van der Waals surface area (Å²) in [6.45, 7) is 5.92. The largest absolute Gasteiger partial charge is 0.381 e. The minimum Gasteiger partial charge on any atom is -0.381 e. The number of halogens is 1. The first-order chi connectivity index (χ1) is 5.31. The fraction of sp³-hybridized carbons (Fsp3) is 1.00. The van der Waals surface area contributed by atoms with E-state index in [1.165, 1.54) is 0 Å². The van der Waals surface area contributed by atoms with Gasteiger partial charge in [0.15, 0.2) is 0 Å². The van der Waals surface area contributed by atoms with Crippen molar-refractivity contribution in [2.24, 2.45) is 0 Å². The van der Waals surface area contributed by atoms with Crippen LogP contribution in [0.2, 0.25) is 0 Å². The van der Waals surface area contributed by atoms with Gasteiger partial charge < -0.3 is 4.74 Å². The molecule has 1 unspecified atom stereocenters. The predicted molar refractivity (Wildman–Crippen MR) is 53.8 cm³/mol. The highest BCUT2D eigenvalue weighted by Crippen LogP contribution is 2.13. The first-order valence-electron chi connectivity index (χ1n) is 4.06. The fourth-order valence-electron chi connectivity index (χ4n) is 0.690. The average Bonchev–Trinajstić information content (AvgIpc) is 1.99. The van der Waals surface area contributed by atoms with E-state index in [-0.39, 0.29) is 0 Å². The van der Waals surface area contributed by atoms with Crippen LogP contribution >= 0.6 is 23.4 Å². The molecular formula is C8H17ClOS. The Balaban J connectivity index is 2.97. The van der Waals surface area contributed by atoms with Crippen LogP contribution in [0.4, 0.5) is 0 Å². The highest BCUT2D eigenvalue weighted by molar-refractivity contribution is 7.99.